The van der Waals surface area contributed by atoms with Crippen LogP contribution in [0.5, 0.6) is 0 Å². The van der Waals surface area contributed by atoms with E-state index < -0.39 is 15.3 Å². The molecule has 0 aliphatic rings. The van der Waals surface area contributed by atoms with E-state index in [2.05, 4.69) is 13.9 Å². The van der Waals surface area contributed by atoms with Crippen molar-refractivity contribution in [2.45, 2.75) is 0 Å². The summed E-state index contributed by atoms with van der Waals surface area (Å²) in [4.78, 5) is 8.66. The average molecular weight is 203 g/mol. The topological polar surface area (TPSA) is 84.9 Å². The summed E-state index contributed by atoms with van der Waals surface area (Å²) in [6, 6.07) is 0. The Morgan fingerprint density at radius 3 is 2.00 bits per heavy atom. The summed E-state index contributed by atoms with van der Waals surface area (Å²) >= 11 is 0. The minimum atomic E-state index is -3.77. The number of nitrogens with one attached hydrogen (secondary N) is 1. The standard InChI is InChI=1S/C3H11NO5P2/c1-4-11(7,8-2)9-10(3,5)6/h1-3H3,(H,4,7)(H,5,6). The van der Waals surface area contributed by atoms with Gasteiger partial charge >= 0.3 is 15.3 Å². The van der Waals surface area contributed by atoms with Gasteiger partial charge in [0.1, 0.15) is 0 Å². The molecule has 68 valence electrons. The van der Waals surface area contributed by atoms with Gasteiger partial charge in [0.15, 0.2) is 0 Å². The van der Waals surface area contributed by atoms with Crippen molar-refractivity contribution in [1.82, 2.24) is 5.09 Å². The van der Waals surface area contributed by atoms with Crippen LogP contribution in [0.15, 0.2) is 0 Å². The lowest BCUT2D eigenvalue weighted by atomic mass is 11.6. The molecule has 0 fully saturated rings. The molecule has 0 spiro atoms. The van der Waals surface area contributed by atoms with E-state index in [1.54, 1.807) is 0 Å². The van der Waals surface area contributed by atoms with E-state index in [0.717, 1.165) is 13.8 Å². The third kappa shape index (κ3) is 4.69. The van der Waals surface area contributed by atoms with Crippen molar-refractivity contribution >= 4 is 15.3 Å². The van der Waals surface area contributed by atoms with Gasteiger partial charge in [-0.2, -0.15) is 0 Å². The predicted molar refractivity (Wildman–Crippen MR) is 40.5 cm³/mol. The third-order valence-corrected chi connectivity index (χ3v) is 3.87. The van der Waals surface area contributed by atoms with Gasteiger partial charge in [0, 0.05) is 13.8 Å². The zero-order chi connectivity index (χ0) is 9.12. The fraction of sp³-hybridized carbons (Fsp3) is 1.00. The molecule has 0 amide bonds. The van der Waals surface area contributed by atoms with E-state index in [-0.39, 0.29) is 0 Å². The fourth-order valence-electron chi connectivity index (χ4n) is 0.365. The van der Waals surface area contributed by atoms with Gasteiger partial charge in [-0.25, -0.2) is 14.0 Å². The highest BCUT2D eigenvalue weighted by molar-refractivity contribution is 7.65. The number of hydrogen-bond acceptors (Lipinski definition) is 4. The van der Waals surface area contributed by atoms with E-state index >= 15 is 0 Å². The van der Waals surface area contributed by atoms with Crippen LogP contribution in [0.4, 0.5) is 0 Å². The molecule has 0 aliphatic heterocycles. The highest BCUT2D eigenvalue weighted by Crippen LogP contribution is 2.56. The average Bonchev–Trinajstić information content (AvgIpc) is 1.84. The van der Waals surface area contributed by atoms with Crippen molar-refractivity contribution in [2.24, 2.45) is 0 Å². The lowest BCUT2D eigenvalue weighted by Gasteiger charge is -2.15. The lowest BCUT2D eigenvalue weighted by molar-refractivity contribution is 0.293. The Kier molecular flexibility index (Phi) is 3.91. The summed E-state index contributed by atoms with van der Waals surface area (Å²) in [5.41, 5.74) is 0. The molecule has 0 radical (unpaired) electrons. The number of hydrogen-bond donors (Lipinski definition) is 2. The zero-order valence-corrected chi connectivity index (χ0v) is 8.26. The first-order valence-corrected chi connectivity index (χ1v) is 6.26. The molecule has 2 N–H and O–H groups in total. The van der Waals surface area contributed by atoms with Crippen molar-refractivity contribution in [3.8, 4) is 0 Å². The second kappa shape index (κ2) is 3.81. The molecule has 0 saturated heterocycles. The summed E-state index contributed by atoms with van der Waals surface area (Å²) < 4.78 is 30.3. The van der Waals surface area contributed by atoms with E-state index in [1.165, 1.54) is 7.05 Å². The van der Waals surface area contributed by atoms with Gasteiger partial charge in [-0.1, -0.05) is 0 Å². The molecule has 0 aliphatic carbocycles. The molecular formula is C3H11NO5P2. The Labute approximate surface area is 65.0 Å². The Morgan fingerprint density at radius 2 is 1.91 bits per heavy atom. The van der Waals surface area contributed by atoms with Crippen LogP contribution in [0.2, 0.25) is 0 Å². The van der Waals surface area contributed by atoms with Crippen LogP contribution in [-0.2, 0) is 18.0 Å². The summed E-state index contributed by atoms with van der Waals surface area (Å²) in [7, 11) is -4.91. The summed E-state index contributed by atoms with van der Waals surface area (Å²) in [6.07, 6.45) is 0. The van der Waals surface area contributed by atoms with Crippen molar-refractivity contribution < 1.29 is 22.9 Å². The number of rotatable bonds is 4. The molecule has 8 heteroatoms. The van der Waals surface area contributed by atoms with Gasteiger partial charge in [-0.3, -0.25) is 9.09 Å². The summed E-state index contributed by atoms with van der Waals surface area (Å²) in [5, 5.41) is 2.16. The van der Waals surface area contributed by atoms with Crippen molar-refractivity contribution in [3.63, 3.8) is 0 Å². The molecule has 11 heavy (non-hydrogen) atoms. The van der Waals surface area contributed by atoms with E-state index in [1.807, 2.05) is 0 Å². The Hall–Kier alpha value is 0.300. The second-order valence-electron chi connectivity index (χ2n) is 1.79. The molecule has 0 saturated carbocycles. The molecule has 0 rings (SSSR count). The molecule has 6 nitrogen and oxygen atoms in total. The van der Waals surface area contributed by atoms with Gasteiger partial charge in [0.05, 0.1) is 0 Å². The Balaban J connectivity index is 4.34. The van der Waals surface area contributed by atoms with Crippen LogP contribution in [-0.4, -0.2) is 25.7 Å². The predicted octanol–water partition coefficient (Wildman–Crippen LogP) is 0.792. The van der Waals surface area contributed by atoms with Gasteiger partial charge < -0.3 is 4.89 Å². The molecule has 0 heterocycles. The van der Waals surface area contributed by atoms with Gasteiger partial charge in [0.25, 0.3) is 0 Å². The van der Waals surface area contributed by atoms with Crippen LogP contribution < -0.4 is 5.09 Å². The molecule has 0 aromatic rings. The second-order valence-corrected chi connectivity index (χ2v) is 5.85. The maximum Gasteiger partial charge on any atom is 0.412 e. The minimum absolute atomic E-state index is 0.927. The fourth-order valence-corrected chi connectivity index (χ4v) is 2.74. The van der Waals surface area contributed by atoms with Gasteiger partial charge in [-0.15, -0.1) is 0 Å². The quantitative estimate of drug-likeness (QED) is 0.657. The van der Waals surface area contributed by atoms with Crippen LogP contribution in [0, 0.1) is 0 Å². The smallest absolute Gasteiger partial charge is 0.324 e. The minimum Gasteiger partial charge on any atom is -0.324 e. The van der Waals surface area contributed by atoms with Crippen LogP contribution in [0.3, 0.4) is 0 Å². The summed E-state index contributed by atoms with van der Waals surface area (Å²) in [6.45, 7) is 0.927. The SMILES string of the molecule is CNP(=O)(OC)OP(C)(=O)O. The van der Waals surface area contributed by atoms with Crippen molar-refractivity contribution in [1.29, 1.82) is 0 Å². The molecule has 0 aromatic heterocycles. The highest BCUT2D eigenvalue weighted by atomic mass is 31.3. The molecular weight excluding hydrogens is 192 g/mol. The van der Waals surface area contributed by atoms with Crippen molar-refractivity contribution in [3.05, 3.63) is 0 Å². The Bertz CT molecular complexity index is 202. The zero-order valence-electron chi connectivity index (χ0n) is 6.47. The largest absolute Gasteiger partial charge is 0.412 e. The first-order chi connectivity index (χ1) is 4.83. The van der Waals surface area contributed by atoms with Gasteiger partial charge in [0.2, 0.25) is 0 Å². The molecule has 2 unspecified atom stereocenters. The highest BCUT2D eigenvalue weighted by Gasteiger charge is 2.28. The summed E-state index contributed by atoms with van der Waals surface area (Å²) in [5.74, 6) is 0. The van der Waals surface area contributed by atoms with E-state index in [0.29, 0.717) is 0 Å². The maximum atomic E-state index is 11.1. The third-order valence-electron chi connectivity index (χ3n) is 0.773. The van der Waals surface area contributed by atoms with E-state index in [4.69, 9.17) is 4.89 Å². The molecule has 2 atom stereocenters. The molecule has 0 bridgehead atoms. The lowest BCUT2D eigenvalue weighted by Crippen LogP contribution is -2.06. The van der Waals surface area contributed by atoms with Crippen molar-refractivity contribution in [2.75, 3.05) is 20.8 Å². The Morgan fingerprint density at radius 1 is 1.45 bits per heavy atom. The maximum absolute atomic E-state index is 11.1. The first kappa shape index (κ1) is 11.3. The monoisotopic (exact) mass is 203 g/mol. The normalized spacial score (nSPS) is 22.2. The van der Waals surface area contributed by atoms with E-state index in [9.17, 15) is 9.13 Å². The first-order valence-electron chi connectivity index (χ1n) is 2.69. The van der Waals surface area contributed by atoms with Crippen LogP contribution >= 0.6 is 15.3 Å². The van der Waals surface area contributed by atoms with Crippen LogP contribution in [0.1, 0.15) is 0 Å². The molecule has 0 aromatic carbocycles. The van der Waals surface area contributed by atoms with Gasteiger partial charge in [-0.05, 0) is 7.05 Å². The van der Waals surface area contributed by atoms with Crippen LogP contribution in [0.25, 0.3) is 0 Å².